The van der Waals surface area contributed by atoms with Crippen molar-refractivity contribution in [1.29, 1.82) is 0 Å². The SMILES string of the molecule is NNC(Cc1cccc(Cl)c1)c1cnccc1N. The first kappa shape index (κ1) is 12.8. The largest absolute Gasteiger partial charge is 0.398 e. The molecule has 2 aromatic rings. The van der Waals surface area contributed by atoms with E-state index in [9.17, 15) is 0 Å². The van der Waals surface area contributed by atoms with E-state index in [1.165, 1.54) is 0 Å². The maximum atomic E-state index is 5.96. The Bertz CT molecular complexity index is 530. The minimum absolute atomic E-state index is 0.0860. The average molecular weight is 263 g/mol. The van der Waals surface area contributed by atoms with Crippen molar-refractivity contribution in [3.05, 3.63) is 58.9 Å². The van der Waals surface area contributed by atoms with E-state index >= 15 is 0 Å². The molecule has 5 heteroatoms. The zero-order valence-corrected chi connectivity index (χ0v) is 10.6. The minimum Gasteiger partial charge on any atom is -0.398 e. The fraction of sp³-hybridized carbons (Fsp3) is 0.154. The van der Waals surface area contributed by atoms with E-state index in [0.717, 1.165) is 11.1 Å². The number of hydrazine groups is 1. The monoisotopic (exact) mass is 262 g/mol. The van der Waals surface area contributed by atoms with Crippen molar-refractivity contribution < 1.29 is 0 Å². The van der Waals surface area contributed by atoms with Gasteiger partial charge >= 0.3 is 0 Å². The Morgan fingerprint density at radius 2 is 2.17 bits per heavy atom. The summed E-state index contributed by atoms with van der Waals surface area (Å²) in [6.07, 6.45) is 4.09. The summed E-state index contributed by atoms with van der Waals surface area (Å²) in [5, 5.41) is 0.711. The molecule has 1 unspecified atom stereocenters. The molecular weight excluding hydrogens is 248 g/mol. The Morgan fingerprint density at radius 3 is 2.83 bits per heavy atom. The molecule has 0 aliphatic carbocycles. The normalized spacial score (nSPS) is 12.3. The third kappa shape index (κ3) is 2.98. The van der Waals surface area contributed by atoms with Crippen LogP contribution in [0.4, 0.5) is 5.69 Å². The number of nitrogens with one attached hydrogen (secondary N) is 1. The second-order valence-corrected chi connectivity index (χ2v) is 4.49. The third-order valence-corrected chi connectivity index (χ3v) is 3.03. The first-order chi connectivity index (χ1) is 8.70. The highest BCUT2D eigenvalue weighted by atomic mass is 35.5. The lowest BCUT2D eigenvalue weighted by Gasteiger charge is -2.17. The van der Waals surface area contributed by atoms with Gasteiger partial charge in [0.05, 0.1) is 6.04 Å². The van der Waals surface area contributed by atoms with Gasteiger partial charge < -0.3 is 5.73 Å². The highest BCUT2D eigenvalue weighted by molar-refractivity contribution is 6.30. The molecule has 1 aromatic carbocycles. The van der Waals surface area contributed by atoms with Crippen LogP contribution in [0.25, 0.3) is 0 Å². The molecule has 94 valence electrons. The van der Waals surface area contributed by atoms with Crippen LogP contribution in [0.15, 0.2) is 42.7 Å². The topological polar surface area (TPSA) is 77.0 Å². The quantitative estimate of drug-likeness (QED) is 0.582. The van der Waals surface area contributed by atoms with Crippen molar-refractivity contribution in [3.8, 4) is 0 Å². The third-order valence-electron chi connectivity index (χ3n) is 2.79. The maximum absolute atomic E-state index is 5.96. The number of halogens is 1. The molecule has 5 N–H and O–H groups in total. The Morgan fingerprint density at radius 1 is 1.33 bits per heavy atom. The fourth-order valence-electron chi connectivity index (χ4n) is 1.87. The molecule has 0 aliphatic rings. The lowest BCUT2D eigenvalue weighted by molar-refractivity contribution is 0.552. The number of pyridine rings is 1. The van der Waals surface area contributed by atoms with Crippen LogP contribution in [-0.2, 0) is 6.42 Å². The van der Waals surface area contributed by atoms with E-state index in [-0.39, 0.29) is 6.04 Å². The molecule has 0 saturated carbocycles. The maximum Gasteiger partial charge on any atom is 0.0535 e. The van der Waals surface area contributed by atoms with Gasteiger partial charge in [-0.05, 0) is 30.2 Å². The van der Waals surface area contributed by atoms with Gasteiger partial charge in [0.2, 0.25) is 0 Å². The summed E-state index contributed by atoms with van der Waals surface area (Å²) in [5.41, 5.74) is 11.3. The van der Waals surface area contributed by atoms with Crippen molar-refractivity contribution >= 4 is 17.3 Å². The zero-order chi connectivity index (χ0) is 13.0. The van der Waals surface area contributed by atoms with Gasteiger partial charge in [-0.1, -0.05) is 23.7 Å². The van der Waals surface area contributed by atoms with Gasteiger partial charge in [-0.15, -0.1) is 0 Å². The Labute approximate surface area is 111 Å². The first-order valence-electron chi connectivity index (χ1n) is 5.60. The number of nitrogens with two attached hydrogens (primary N) is 2. The Kier molecular flexibility index (Phi) is 4.15. The summed E-state index contributed by atoms with van der Waals surface area (Å²) in [4.78, 5) is 4.07. The van der Waals surface area contributed by atoms with E-state index in [1.54, 1.807) is 18.5 Å². The number of nitrogen functional groups attached to an aromatic ring is 1. The Balaban J connectivity index is 2.23. The van der Waals surface area contributed by atoms with Crippen LogP contribution in [-0.4, -0.2) is 4.98 Å². The molecule has 4 nitrogen and oxygen atoms in total. The molecule has 0 spiro atoms. The Hall–Kier alpha value is -1.62. The first-order valence-corrected chi connectivity index (χ1v) is 5.98. The number of nitrogens with zero attached hydrogens (tertiary/aromatic N) is 1. The van der Waals surface area contributed by atoms with Crippen molar-refractivity contribution in [2.24, 2.45) is 5.84 Å². The molecule has 18 heavy (non-hydrogen) atoms. The van der Waals surface area contributed by atoms with Crippen LogP contribution >= 0.6 is 11.6 Å². The van der Waals surface area contributed by atoms with Gasteiger partial charge in [0, 0.05) is 28.7 Å². The number of hydrogen-bond acceptors (Lipinski definition) is 4. The summed E-state index contributed by atoms with van der Waals surface area (Å²) in [7, 11) is 0. The zero-order valence-electron chi connectivity index (χ0n) is 9.81. The number of benzene rings is 1. The molecule has 2 rings (SSSR count). The average Bonchev–Trinajstić information content (AvgIpc) is 2.37. The van der Waals surface area contributed by atoms with Gasteiger partial charge in [0.15, 0.2) is 0 Å². The van der Waals surface area contributed by atoms with E-state index in [4.69, 9.17) is 23.2 Å². The fourth-order valence-corrected chi connectivity index (χ4v) is 2.08. The highest BCUT2D eigenvalue weighted by Gasteiger charge is 2.13. The van der Waals surface area contributed by atoms with Gasteiger partial charge in [-0.3, -0.25) is 16.3 Å². The molecule has 0 radical (unpaired) electrons. The predicted molar refractivity (Wildman–Crippen MR) is 73.9 cm³/mol. The van der Waals surface area contributed by atoms with Gasteiger partial charge in [-0.2, -0.15) is 0 Å². The lowest BCUT2D eigenvalue weighted by atomic mass is 10.00. The second kappa shape index (κ2) is 5.82. The molecule has 0 saturated heterocycles. The van der Waals surface area contributed by atoms with E-state index in [0.29, 0.717) is 17.1 Å². The van der Waals surface area contributed by atoms with Crippen LogP contribution in [0.2, 0.25) is 5.02 Å². The minimum atomic E-state index is -0.0860. The molecular formula is C13H15ClN4. The molecule has 0 fully saturated rings. The molecule has 1 atom stereocenters. The molecule has 0 aliphatic heterocycles. The van der Waals surface area contributed by atoms with Crippen LogP contribution < -0.4 is 17.0 Å². The smallest absolute Gasteiger partial charge is 0.0535 e. The van der Waals surface area contributed by atoms with Crippen molar-refractivity contribution in [2.45, 2.75) is 12.5 Å². The van der Waals surface area contributed by atoms with Crippen molar-refractivity contribution in [2.75, 3.05) is 5.73 Å². The molecule has 0 amide bonds. The van der Waals surface area contributed by atoms with Gasteiger partial charge in [0.25, 0.3) is 0 Å². The van der Waals surface area contributed by atoms with Crippen molar-refractivity contribution in [3.63, 3.8) is 0 Å². The van der Waals surface area contributed by atoms with Crippen LogP contribution in [0.3, 0.4) is 0 Å². The predicted octanol–water partition coefficient (Wildman–Crippen LogP) is 2.06. The summed E-state index contributed by atoms with van der Waals surface area (Å²) < 4.78 is 0. The standard InChI is InChI=1S/C13H15ClN4/c14-10-3-1-2-9(6-10)7-13(18-16)11-8-17-5-4-12(11)15/h1-6,8,13,18H,7,16H2,(H2,15,17). The molecule has 1 heterocycles. The van der Waals surface area contributed by atoms with E-state index < -0.39 is 0 Å². The number of rotatable bonds is 4. The summed E-state index contributed by atoms with van der Waals surface area (Å²) >= 11 is 5.96. The van der Waals surface area contributed by atoms with Gasteiger partial charge in [0.1, 0.15) is 0 Å². The summed E-state index contributed by atoms with van der Waals surface area (Å²) in [6.45, 7) is 0. The summed E-state index contributed by atoms with van der Waals surface area (Å²) in [5.74, 6) is 5.59. The van der Waals surface area contributed by atoms with Crippen LogP contribution in [0.1, 0.15) is 17.2 Å². The van der Waals surface area contributed by atoms with Crippen LogP contribution in [0.5, 0.6) is 0 Å². The van der Waals surface area contributed by atoms with Crippen molar-refractivity contribution in [1.82, 2.24) is 10.4 Å². The lowest BCUT2D eigenvalue weighted by Crippen LogP contribution is -2.30. The molecule has 0 bridgehead atoms. The summed E-state index contributed by atoms with van der Waals surface area (Å²) in [6, 6.07) is 9.35. The number of anilines is 1. The van der Waals surface area contributed by atoms with Crippen LogP contribution in [0, 0.1) is 0 Å². The van der Waals surface area contributed by atoms with Gasteiger partial charge in [-0.25, -0.2) is 0 Å². The second-order valence-electron chi connectivity index (χ2n) is 4.06. The number of aromatic nitrogens is 1. The molecule has 1 aromatic heterocycles. The van der Waals surface area contributed by atoms with E-state index in [1.807, 2.05) is 24.3 Å². The number of hydrogen-bond donors (Lipinski definition) is 3. The highest BCUT2D eigenvalue weighted by Crippen LogP contribution is 2.23. The van der Waals surface area contributed by atoms with E-state index in [2.05, 4.69) is 10.4 Å².